The lowest BCUT2D eigenvalue weighted by molar-refractivity contribution is -0.191. The van der Waals surface area contributed by atoms with Crippen LogP contribution in [0.25, 0.3) is 0 Å². The molecule has 0 aromatic carbocycles. The molecule has 8 heteroatoms. The van der Waals surface area contributed by atoms with Gasteiger partial charge in [-0.3, -0.25) is 4.79 Å². The maximum Gasteiger partial charge on any atom is 0.373 e. The second-order valence-corrected chi connectivity index (χ2v) is 4.60. The molecular formula is C18H24N2O6. The summed E-state index contributed by atoms with van der Waals surface area (Å²) >= 11 is 0. The number of rotatable bonds is 4. The van der Waals surface area contributed by atoms with E-state index >= 15 is 0 Å². The van der Waals surface area contributed by atoms with Gasteiger partial charge in [-0.15, -0.1) is 0 Å². The van der Waals surface area contributed by atoms with Crippen LogP contribution in [0.5, 0.6) is 17.5 Å². The molecule has 2 heterocycles. The number of nitrogens with zero attached hydrogens (tertiary/aromatic N) is 2. The van der Waals surface area contributed by atoms with Gasteiger partial charge in [-0.05, 0) is 37.5 Å². The third-order valence-electron chi connectivity index (χ3n) is 2.98. The third-order valence-corrected chi connectivity index (χ3v) is 2.98. The lowest BCUT2D eigenvalue weighted by Crippen LogP contribution is -1.94. The van der Waals surface area contributed by atoms with Gasteiger partial charge in [0.2, 0.25) is 11.8 Å². The van der Waals surface area contributed by atoms with Gasteiger partial charge in [-0.25, -0.2) is 9.97 Å². The van der Waals surface area contributed by atoms with Gasteiger partial charge in [0.25, 0.3) is 6.47 Å². The summed E-state index contributed by atoms with van der Waals surface area (Å²) in [6.45, 7) is 6.25. The Kier molecular flexibility index (Phi) is 13.6. The van der Waals surface area contributed by atoms with Gasteiger partial charge in [-0.2, -0.15) is 9.59 Å². The molecular weight excluding hydrogens is 340 g/mol. The molecule has 0 N–H and O–H groups in total. The van der Waals surface area contributed by atoms with E-state index in [9.17, 15) is 4.79 Å². The molecule has 0 aliphatic carbocycles. The summed E-state index contributed by atoms with van der Waals surface area (Å²) in [5.41, 5.74) is 3.22. The number of hydrogen-bond acceptors (Lipinski definition) is 8. The quantitative estimate of drug-likeness (QED) is 0.763. The van der Waals surface area contributed by atoms with Gasteiger partial charge < -0.3 is 14.2 Å². The SMILES string of the molecule is C.COc1cc(C)c(C)cn1.COc1cc(C)c(OC=O)cn1.O=C=O. The molecule has 0 amide bonds. The van der Waals surface area contributed by atoms with Crippen LogP contribution in [-0.4, -0.2) is 36.8 Å². The van der Waals surface area contributed by atoms with Crippen molar-refractivity contribution in [3.05, 3.63) is 41.2 Å². The molecule has 0 unspecified atom stereocenters. The first-order valence-electron chi connectivity index (χ1n) is 7.00. The molecule has 2 aromatic rings. The van der Waals surface area contributed by atoms with E-state index in [0.717, 1.165) is 5.56 Å². The number of carbonyl (C=O) groups is 1. The van der Waals surface area contributed by atoms with E-state index in [0.29, 0.717) is 24.0 Å². The number of ether oxygens (including phenoxy) is 3. The Balaban J connectivity index is 0. The zero-order valence-electron chi connectivity index (χ0n) is 14.7. The van der Waals surface area contributed by atoms with Crippen molar-refractivity contribution in [3.8, 4) is 17.5 Å². The molecule has 0 atom stereocenters. The Morgan fingerprint density at radius 1 is 0.885 bits per heavy atom. The Morgan fingerprint density at radius 2 is 1.35 bits per heavy atom. The molecule has 2 rings (SSSR count). The average Bonchev–Trinajstić information content (AvgIpc) is 2.60. The molecule has 0 fully saturated rings. The van der Waals surface area contributed by atoms with Crippen molar-refractivity contribution in [3.63, 3.8) is 0 Å². The monoisotopic (exact) mass is 364 g/mol. The van der Waals surface area contributed by atoms with Crippen LogP contribution in [0.1, 0.15) is 24.1 Å². The van der Waals surface area contributed by atoms with Gasteiger partial charge >= 0.3 is 6.15 Å². The molecule has 26 heavy (non-hydrogen) atoms. The molecule has 2 aromatic heterocycles. The molecule has 142 valence electrons. The van der Waals surface area contributed by atoms with E-state index in [2.05, 4.69) is 14.7 Å². The fourth-order valence-electron chi connectivity index (χ4n) is 1.51. The maximum absolute atomic E-state index is 10.00. The summed E-state index contributed by atoms with van der Waals surface area (Å²) in [5, 5.41) is 0. The van der Waals surface area contributed by atoms with E-state index < -0.39 is 0 Å². The number of aryl methyl sites for hydroxylation is 3. The number of pyridine rings is 2. The van der Waals surface area contributed by atoms with Gasteiger partial charge in [0.1, 0.15) is 0 Å². The summed E-state index contributed by atoms with van der Waals surface area (Å²) < 4.78 is 14.4. The Hall–Kier alpha value is -3.25. The Labute approximate surface area is 153 Å². The number of aromatic nitrogens is 2. The molecule has 8 nitrogen and oxygen atoms in total. The lowest BCUT2D eigenvalue weighted by atomic mass is 10.2. The van der Waals surface area contributed by atoms with Crippen molar-refractivity contribution in [2.45, 2.75) is 28.2 Å². The fraction of sp³-hybridized carbons (Fsp3) is 0.333. The van der Waals surface area contributed by atoms with Crippen molar-refractivity contribution < 1.29 is 28.6 Å². The summed E-state index contributed by atoms with van der Waals surface area (Å²) in [4.78, 5) is 34.2. The standard InChI is InChI=1S/C8H9NO3.C8H11NO.CO2.CH4/c1-6-3-8(11-2)9-4-7(6)12-5-10;1-6-4-8(10-3)9-5-7(6)2;2-1-3;/h3-5H,1-2H3;4-5H,1-3H3;;1H4. The first-order chi connectivity index (χ1) is 11.9. The van der Waals surface area contributed by atoms with Crippen LogP contribution >= 0.6 is 0 Å². The summed E-state index contributed by atoms with van der Waals surface area (Å²) in [6.07, 6.45) is 3.51. The van der Waals surface area contributed by atoms with E-state index in [1.807, 2.05) is 33.0 Å². The highest BCUT2D eigenvalue weighted by molar-refractivity contribution is 5.47. The van der Waals surface area contributed by atoms with Crippen LogP contribution in [-0.2, 0) is 14.4 Å². The number of carbonyl (C=O) groups excluding carboxylic acids is 3. The number of methoxy groups -OCH3 is 2. The van der Waals surface area contributed by atoms with Crippen LogP contribution in [0.4, 0.5) is 0 Å². The predicted octanol–water partition coefficient (Wildman–Crippen LogP) is 2.69. The molecule has 0 bridgehead atoms. The highest BCUT2D eigenvalue weighted by Crippen LogP contribution is 2.19. The van der Waals surface area contributed by atoms with Crippen molar-refractivity contribution in [1.29, 1.82) is 0 Å². The lowest BCUT2D eigenvalue weighted by Gasteiger charge is -2.03. The van der Waals surface area contributed by atoms with Crippen LogP contribution in [0.3, 0.4) is 0 Å². The van der Waals surface area contributed by atoms with Crippen molar-refractivity contribution >= 4 is 12.6 Å². The van der Waals surface area contributed by atoms with Crippen LogP contribution < -0.4 is 14.2 Å². The van der Waals surface area contributed by atoms with Gasteiger partial charge in [0.15, 0.2) is 5.75 Å². The highest BCUT2D eigenvalue weighted by atomic mass is 16.5. The zero-order valence-corrected chi connectivity index (χ0v) is 14.7. The fourth-order valence-corrected chi connectivity index (χ4v) is 1.51. The minimum Gasteiger partial charge on any atom is -0.481 e. The first kappa shape index (κ1) is 25.0. The second-order valence-electron chi connectivity index (χ2n) is 4.60. The third kappa shape index (κ3) is 9.14. The molecule has 0 aliphatic rings. The Bertz CT molecular complexity index is 713. The van der Waals surface area contributed by atoms with E-state index in [4.69, 9.17) is 19.1 Å². The van der Waals surface area contributed by atoms with Gasteiger partial charge in [0.05, 0.1) is 20.4 Å². The minimum absolute atomic E-state index is 0. The van der Waals surface area contributed by atoms with Crippen LogP contribution in [0.2, 0.25) is 0 Å². The van der Waals surface area contributed by atoms with E-state index in [1.54, 1.807) is 13.2 Å². The second kappa shape index (κ2) is 14.1. The summed E-state index contributed by atoms with van der Waals surface area (Å²) in [6, 6.07) is 3.62. The predicted molar refractivity (Wildman–Crippen MR) is 94.2 cm³/mol. The topological polar surface area (TPSA) is 105 Å². The molecule has 0 aliphatic heterocycles. The minimum atomic E-state index is 0. The van der Waals surface area contributed by atoms with Crippen molar-refractivity contribution in [2.75, 3.05) is 14.2 Å². The van der Waals surface area contributed by atoms with E-state index in [1.165, 1.54) is 24.4 Å². The van der Waals surface area contributed by atoms with Crippen LogP contribution in [0.15, 0.2) is 24.5 Å². The first-order valence-corrected chi connectivity index (χ1v) is 7.00. The normalized spacial score (nSPS) is 8.19. The zero-order chi connectivity index (χ0) is 19.2. The van der Waals surface area contributed by atoms with Gasteiger partial charge in [-0.1, -0.05) is 7.43 Å². The maximum atomic E-state index is 10.00. The summed E-state index contributed by atoms with van der Waals surface area (Å²) in [5.74, 6) is 1.64. The van der Waals surface area contributed by atoms with E-state index in [-0.39, 0.29) is 13.6 Å². The van der Waals surface area contributed by atoms with Gasteiger partial charge in [0, 0.05) is 18.3 Å². The van der Waals surface area contributed by atoms with Crippen LogP contribution in [0, 0.1) is 20.8 Å². The smallest absolute Gasteiger partial charge is 0.373 e. The van der Waals surface area contributed by atoms with Crippen molar-refractivity contribution in [2.24, 2.45) is 0 Å². The Morgan fingerprint density at radius 3 is 1.73 bits per heavy atom. The number of hydrogen-bond donors (Lipinski definition) is 0. The summed E-state index contributed by atoms with van der Waals surface area (Å²) in [7, 11) is 3.15. The average molecular weight is 364 g/mol. The highest BCUT2D eigenvalue weighted by Gasteiger charge is 2.01. The largest absolute Gasteiger partial charge is 0.481 e. The molecule has 0 saturated heterocycles. The molecule has 0 radical (unpaired) electrons. The molecule has 0 spiro atoms. The van der Waals surface area contributed by atoms with Crippen molar-refractivity contribution in [1.82, 2.24) is 9.97 Å². The molecule has 0 saturated carbocycles.